The van der Waals surface area contributed by atoms with Crippen molar-refractivity contribution in [1.82, 2.24) is 0 Å². The summed E-state index contributed by atoms with van der Waals surface area (Å²) in [7, 11) is 0. The Kier molecular flexibility index (Phi) is 2.68. The Balaban J connectivity index is 2.13. The standard InChI is InChI=1S/C16H16O/c17-16-11-4-3-9-15(16)14-10-5-7-12-6-1-2-8-13(12)14/h1-2,5-8,10,15H,3-4,9,11H2/t15-/m0/s1. The highest BCUT2D eigenvalue weighted by molar-refractivity contribution is 5.94. The molecule has 1 aliphatic rings. The predicted octanol–water partition coefficient (Wildman–Crippen LogP) is 4.07. The zero-order valence-electron chi connectivity index (χ0n) is 9.86. The molecule has 0 aromatic heterocycles. The van der Waals surface area contributed by atoms with E-state index in [-0.39, 0.29) is 5.92 Å². The van der Waals surface area contributed by atoms with Crippen LogP contribution in [0.2, 0.25) is 0 Å². The van der Waals surface area contributed by atoms with Crippen molar-refractivity contribution in [1.29, 1.82) is 0 Å². The van der Waals surface area contributed by atoms with Crippen LogP contribution < -0.4 is 0 Å². The molecule has 1 aliphatic carbocycles. The minimum atomic E-state index is 0.134. The first-order chi connectivity index (χ1) is 8.36. The molecule has 1 atom stereocenters. The van der Waals surface area contributed by atoms with Crippen LogP contribution in [0.15, 0.2) is 42.5 Å². The molecule has 1 heteroatoms. The summed E-state index contributed by atoms with van der Waals surface area (Å²) in [5.41, 5.74) is 1.23. The fraction of sp³-hybridized carbons (Fsp3) is 0.312. The van der Waals surface area contributed by atoms with Gasteiger partial charge in [0.25, 0.3) is 0 Å². The molecule has 0 unspecified atom stereocenters. The summed E-state index contributed by atoms with van der Waals surface area (Å²) in [4.78, 5) is 12.0. The number of ketones is 1. The largest absolute Gasteiger partial charge is 0.299 e. The normalized spacial score (nSPS) is 20.7. The lowest BCUT2D eigenvalue weighted by Crippen LogP contribution is -2.17. The molecule has 0 radical (unpaired) electrons. The SMILES string of the molecule is O=C1CCCC[C@H]1c1cccc2ccccc12. The van der Waals surface area contributed by atoms with Crippen molar-refractivity contribution in [3.05, 3.63) is 48.0 Å². The van der Waals surface area contributed by atoms with Gasteiger partial charge < -0.3 is 0 Å². The van der Waals surface area contributed by atoms with E-state index in [1.807, 2.05) is 0 Å². The summed E-state index contributed by atoms with van der Waals surface area (Å²) < 4.78 is 0. The fourth-order valence-electron chi connectivity index (χ4n) is 2.87. The third-order valence-electron chi connectivity index (χ3n) is 3.75. The molecule has 2 aromatic carbocycles. The molecule has 0 aliphatic heterocycles. The van der Waals surface area contributed by atoms with Crippen LogP contribution in [-0.2, 0) is 4.79 Å². The summed E-state index contributed by atoms with van der Waals surface area (Å²) in [5, 5.41) is 2.48. The van der Waals surface area contributed by atoms with Crippen molar-refractivity contribution in [3.8, 4) is 0 Å². The molecule has 1 saturated carbocycles. The van der Waals surface area contributed by atoms with Crippen molar-refractivity contribution in [2.75, 3.05) is 0 Å². The highest BCUT2D eigenvalue weighted by Gasteiger charge is 2.24. The van der Waals surface area contributed by atoms with Crippen LogP contribution in [0.25, 0.3) is 10.8 Å². The molecular formula is C16H16O. The maximum Gasteiger partial charge on any atom is 0.140 e. The van der Waals surface area contributed by atoms with E-state index in [2.05, 4.69) is 42.5 Å². The van der Waals surface area contributed by atoms with Gasteiger partial charge in [-0.05, 0) is 29.2 Å². The molecular weight excluding hydrogens is 208 g/mol. The number of rotatable bonds is 1. The minimum Gasteiger partial charge on any atom is -0.299 e. The van der Waals surface area contributed by atoms with Crippen LogP contribution in [0.1, 0.15) is 37.2 Å². The van der Waals surface area contributed by atoms with Crippen LogP contribution in [0.5, 0.6) is 0 Å². The molecule has 0 saturated heterocycles. The van der Waals surface area contributed by atoms with Crippen LogP contribution >= 0.6 is 0 Å². The topological polar surface area (TPSA) is 17.1 Å². The van der Waals surface area contributed by atoms with Crippen molar-refractivity contribution >= 4 is 16.6 Å². The summed E-state index contributed by atoms with van der Waals surface area (Å²) in [6, 6.07) is 14.7. The van der Waals surface area contributed by atoms with Crippen molar-refractivity contribution in [3.63, 3.8) is 0 Å². The monoisotopic (exact) mass is 224 g/mol. The quantitative estimate of drug-likeness (QED) is 0.713. The van der Waals surface area contributed by atoms with Gasteiger partial charge in [0.05, 0.1) is 0 Å². The summed E-state index contributed by atoms with van der Waals surface area (Å²) in [6.45, 7) is 0. The van der Waals surface area contributed by atoms with E-state index in [0.717, 1.165) is 19.3 Å². The average molecular weight is 224 g/mol. The second-order valence-electron chi connectivity index (χ2n) is 4.83. The molecule has 86 valence electrons. The van der Waals surface area contributed by atoms with Gasteiger partial charge >= 0.3 is 0 Å². The lowest BCUT2D eigenvalue weighted by Gasteiger charge is -2.22. The smallest absolute Gasteiger partial charge is 0.140 e. The molecule has 0 amide bonds. The molecule has 3 rings (SSSR count). The highest BCUT2D eigenvalue weighted by atomic mass is 16.1. The van der Waals surface area contributed by atoms with Crippen LogP contribution in [0.4, 0.5) is 0 Å². The number of carbonyl (C=O) groups is 1. The summed E-state index contributed by atoms with van der Waals surface area (Å²) >= 11 is 0. The number of hydrogen-bond donors (Lipinski definition) is 0. The molecule has 0 heterocycles. The second kappa shape index (κ2) is 4.33. The minimum absolute atomic E-state index is 0.134. The highest BCUT2D eigenvalue weighted by Crippen LogP contribution is 2.34. The Morgan fingerprint density at radius 1 is 0.941 bits per heavy atom. The van der Waals surface area contributed by atoms with Gasteiger partial charge in [-0.15, -0.1) is 0 Å². The number of carbonyl (C=O) groups excluding carboxylic acids is 1. The van der Waals surface area contributed by atoms with Gasteiger partial charge in [-0.2, -0.15) is 0 Å². The first-order valence-corrected chi connectivity index (χ1v) is 6.36. The van der Waals surface area contributed by atoms with Gasteiger partial charge in [0.1, 0.15) is 5.78 Å². The first kappa shape index (κ1) is 10.5. The Morgan fingerprint density at radius 2 is 1.76 bits per heavy atom. The third-order valence-corrected chi connectivity index (χ3v) is 3.75. The maximum atomic E-state index is 12.0. The molecule has 0 bridgehead atoms. The van der Waals surface area contributed by atoms with E-state index >= 15 is 0 Å². The Morgan fingerprint density at radius 3 is 2.65 bits per heavy atom. The van der Waals surface area contributed by atoms with E-state index in [4.69, 9.17) is 0 Å². The zero-order chi connectivity index (χ0) is 11.7. The summed E-state index contributed by atoms with van der Waals surface area (Å²) in [5.74, 6) is 0.558. The van der Waals surface area contributed by atoms with Gasteiger partial charge in [0.15, 0.2) is 0 Å². The number of benzene rings is 2. The Hall–Kier alpha value is -1.63. The van der Waals surface area contributed by atoms with Gasteiger partial charge in [-0.25, -0.2) is 0 Å². The predicted molar refractivity (Wildman–Crippen MR) is 70.2 cm³/mol. The van der Waals surface area contributed by atoms with E-state index in [1.165, 1.54) is 22.8 Å². The van der Waals surface area contributed by atoms with Crippen molar-refractivity contribution < 1.29 is 4.79 Å². The van der Waals surface area contributed by atoms with E-state index in [9.17, 15) is 4.79 Å². The molecule has 0 N–H and O–H groups in total. The molecule has 2 aromatic rings. The molecule has 1 fully saturated rings. The van der Waals surface area contributed by atoms with Crippen molar-refractivity contribution in [2.24, 2.45) is 0 Å². The van der Waals surface area contributed by atoms with Crippen molar-refractivity contribution in [2.45, 2.75) is 31.6 Å². The van der Waals surface area contributed by atoms with E-state index < -0.39 is 0 Å². The zero-order valence-corrected chi connectivity index (χ0v) is 9.86. The van der Waals surface area contributed by atoms with Crippen LogP contribution in [0, 0.1) is 0 Å². The molecule has 17 heavy (non-hydrogen) atoms. The van der Waals surface area contributed by atoms with Gasteiger partial charge in [0, 0.05) is 12.3 Å². The van der Waals surface area contributed by atoms with Gasteiger partial charge in [-0.3, -0.25) is 4.79 Å². The molecule has 1 nitrogen and oxygen atoms in total. The van der Waals surface area contributed by atoms with E-state index in [0.29, 0.717) is 5.78 Å². The number of fused-ring (bicyclic) bond motifs is 1. The fourth-order valence-corrected chi connectivity index (χ4v) is 2.87. The van der Waals surface area contributed by atoms with Crippen LogP contribution in [0.3, 0.4) is 0 Å². The van der Waals surface area contributed by atoms with Gasteiger partial charge in [0.2, 0.25) is 0 Å². The van der Waals surface area contributed by atoms with Crippen LogP contribution in [-0.4, -0.2) is 5.78 Å². The lowest BCUT2D eigenvalue weighted by molar-refractivity contribution is -0.121. The first-order valence-electron chi connectivity index (χ1n) is 6.36. The number of hydrogen-bond acceptors (Lipinski definition) is 1. The average Bonchev–Trinajstić information content (AvgIpc) is 2.39. The Labute approximate surface area is 101 Å². The lowest BCUT2D eigenvalue weighted by atomic mass is 9.81. The maximum absolute atomic E-state index is 12.0. The molecule has 0 spiro atoms. The van der Waals surface area contributed by atoms with Gasteiger partial charge in [-0.1, -0.05) is 48.9 Å². The Bertz CT molecular complexity index is 551. The third kappa shape index (κ3) is 1.86. The summed E-state index contributed by atoms with van der Waals surface area (Å²) in [6.07, 6.45) is 4.03. The van der Waals surface area contributed by atoms with E-state index in [1.54, 1.807) is 0 Å². The second-order valence-corrected chi connectivity index (χ2v) is 4.83. The number of Topliss-reactive ketones (excluding diaryl/α,β-unsaturated/α-hetero) is 1.